The van der Waals surface area contributed by atoms with Crippen molar-refractivity contribution in [3.05, 3.63) is 40.2 Å². The number of fused-ring (bicyclic) bond motifs is 1. The summed E-state index contributed by atoms with van der Waals surface area (Å²) in [4.78, 5) is 22.0. The third-order valence-corrected chi connectivity index (χ3v) is 2.17. The van der Waals surface area contributed by atoms with Gasteiger partial charge in [0, 0.05) is 5.39 Å². The molecule has 0 aliphatic heterocycles. The number of carboxylic acids is 1. The zero-order chi connectivity index (χ0) is 11.7. The second-order valence-electron chi connectivity index (χ2n) is 3.16. The molecule has 0 amide bonds. The van der Waals surface area contributed by atoms with E-state index in [1.807, 2.05) is 0 Å². The summed E-state index contributed by atoms with van der Waals surface area (Å²) < 4.78 is 9.74. The summed E-state index contributed by atoms with van der Waals surface area (Å²) in [5.41, 5.74) is -0.128. The van der Waals surface area contributed by atoms with Gasteiger partial charge in [-0.2, -0.15) is 0 Å². The Morgan fingerprint density at radius 1 is 1.38 bits per heavy atom. The van der Waals surface area contributed by atoms with Crippen molar-refractivity contribution in [2.45, 2.75) is 0 Å². The van der Waals surface area contributed by atoms with E-state index in [0.29, 0.717) is 11.0 Å². The third-order valence-electron chi connectivity index (χ3n) is 2.17. The monoisotopic (exact) mass is 220 g/mol. The summed E-state index contributed by atoms with van der Waals surface area (Å²) in [5.74, 6) is -0.984. The van der Waals surface area contributed by atoms with Crippen molar-refractivity contribution in [3.8, 4) is 5.75 Å². The van der Waals surface area contributed by atoms with Gasteiger partial charge in [0.25, 0.3) is 0 Å². The Morgan fingerprint density at radius 3 is 2.75 bits per heavy atom. The number of methoxy groups -OCH3 is 1. The summed E-state index contributed by atoms with van der Waals surface area (Å²) in [6, 6.07) is 5.69. The predicted octanol–water partition coefficient (Wildman–Crippen LogP) is 1.50. The van der Waals surface area contributed by atoms with Crippen molar-refractivity contribution in [2.75, 3.05) is 7.11 Å². The quantitative estimate of drug-likeness (QED) is 0.776. The number of carbonyl (C=O) groups is 1. The molecule has 2 aromatic rings. The van der Waals surface area contributed by atoms with E-state index in [1.165, 1.54) is 31.4 Å². The van der Waals surface area contributed by atoms with Gasteiger partial charge in [0.1, 0.15) is 5.58 Å². The molecule has 0 fully saturated rings. The van der Waals surface area contributed by atoms with Crippen LogP contribution in [0.3, 0.4) is 0 Å². The van der Waals surface area contributed by atoms with Gasteiger partial charge in [-0.05, 0) is 24.3 Å². The van der Waals surface area contributed by atoms with Crippen molar-refractivity contribution in [3.63, 3.8) is 0 Å². The summed E-state index contributed by atoms with van der Waals surface area (Å²) in [6.45, 7) is 0. The van der Waals surface area contributed by atoms with E-state index in [1.54, 1.807) is 0 Å². The van der Waals surface area contributed by atoms with Crippen LogP contribution < -0.4 is 10.4 Å². The number of benzene rings is 1. The van der Waals surface area contributed by atoms with Gasteiger partial charge in [-0.3, -0.25) is 0 Å². The van der Waals surface area contributed by atoms with E-state index >= 15 is 0 Å². The lowest BCUT2D eigenvalue weighted by molar-refractivity contribution is 0.0697. The van der Waals surface area contributed by atoms with Crippen LogP contribution in [-0.2, 0) is 0 Å². The first-order valence-corrected chi connectivity index (χ1v) is 4.47. The number of aromatic carboxylic acids is 1. The lowest BCUT2D eigenvalue weighted by Gasteiger charge is -2.01. The van der Waals surface area contributed by atoms with Crippen molar-refractivity contribution >= 4 is 16.9 Å². The van der Waals surface area contributed by atoms with Crippen molar-refractivity contribution in [1.82, 2.24) is 0 Å². The number of ether oxygens (including phenoxy) is 1. The molecule has 0 aliphatic rings. The minimum Gasteiger partial charge on any atom is -0.490 e. The van der Waals surface area contributed by atoms with Gasteiger partial charge in [0.15, 0.2) is 0 Å². The zero-order valence-corrected chi connectivity index (χ0v) is 8.39. The van der Waals surface area contributed by atoms with Crippen LogP contribution in [0, 0.1) is 0 Å². The maximum absolute atomic E-state index is 11.3. The van der Waals surface area contributed by atoms with Gasteiger partial charge >= 0.3 is 11.6 Å². The molecule has 0 saturated carbocycles. The van der Waals surface area contributed by atoms with Gasteiger partial charge < -0.3 is 14.3 Å². The fraction of sp³-hybridized carbons (Fsp3) is 0.0909. The van der Waals surface area contributed by atoms with E-state index in [0.717, 1.165) is 0 Å². The molecule has 1 aromatic carbocycles. The van der Waals surface area contributed by atoms with E-state index in [-0.39, 0.29) is 11.3 Å². The fourth-order valence-corrected chi connectivity index (χ4v) is 1.38. The first kappa shape index (κ1) is 10.2. The van der Waals surface area contributed by atoms with Crippen LogP contribution in [0.5, 0.6) is 5.75 Å². The fourth-order valence-electron chi connectivity index (χ4n) is 1.38. The molecule has 2 rings (SSSR count). The molecule has 0 spiro atoms. The summed E-state index contributed by atoms with van der Waals surface area (Å²) in [5, 5.41) is 9.31. The summed E-state index contributed by atoms with van der Waals surface area (Å²) in [6.07, 6.45) is 0. The standard InChI is InChI=1S/C11H8O5/c1-15-9-5-7-4-6(10(12)13)2-3-8(7)16-11(9)14/h2-5H,1H3,(H,12,13). The lowest BCUT2D eigenvalue weighted by atomic mass is 10.1. The average Bonchev–Trinajstić information content (AvgIpc) is 2.27. The second-order valence-corrected chi connectivity index (χ2v) is 3.16. The molecule has 1 heterocycles. The minimum atomic E-state index is -1.04. The molecule has 16 heavy (non-hydrogen) atoms. The van der Waals surface area contributed by atoms with Crippen LogP contribution in [-0.4, -0.2) is 18.2 Å². The largest absolute Gasteiger partial charge is 0.490 e. The Morgan fingerprint density at radius 2 is 2.12 bits per heavy atom. The van der Waals surface area contributed by atoms with E-state index < -0.39 is 11.6 Å². The molecule has 5 nitrogen and oxygen atoms in total. The van der Waals surface area contributed by atoms with Crippen LogP contribution in [0.15, 0.2) is 33.5 Å². The number of hydrogen-bond donors (Lipinski definition) is 1. The van der Waals surface area contributed by atoms with Crippen LogP contribution in [0.2, 0.25) is 0 Å². The molecule has 5 heteroatoms. The molecule has 82 valence electrons. The molecular weight excluding hydrogens is 212 g/mol. The minimum absolute atomic E-state index is 0.0510. The lowest BCUT2D eigenvalue weighted by Crippen LogP contribution is -2.03. The number of hydrogen-bond acceptors (Lipinski definition) is 4. The zero-order valence-electron chi connectivity index (χ0n) is 8.39. The molecule has 0 atom stereocenters. The normalized spacial score (nSPS) is 10.3. The van der Waals surface area contributed by atoms with Gasteiger partial charge in [-0.1, -0.05) is 0 Å². The predicted molar refractivity (Wildman–Crippen MR) is 56.0 cm³/mol. The summed E-state index contributed by atoms with van der Waals surface area (Å²) in [7, 11) is 1.35. The van der Waals surface area contributed by atoms with Gasteiger partial charge in [0.05, 0.1) is 12.7 Å². The Bertz CT molecular complexity index is 611. The van der Waals surface area contributed by atoms with Crippen LogP contribution in [0.1, 0.15) is 10.4 Å². The first-order valence-electron chi connectivity index (χ1n) is 4.47. The highest BCUT2D eigenvalue weighted by Crippen LogP contribution is 2.18. The van der Waals surface area contributed by atoms with Crippen LogP contribution in [0.25, 0.3) is 11.0 Å². The number of rotatable bonds is 2. The smallest absolute Gasteiger partial charge is 0.379 e. The van der Waals surface area contributed by atoms with Crippen molar-refractivity contribution in [2.24, 2.45) is 0 Å². The van der Waals surface area contributed by atoms with Crippen LogP contribution >= 0.6 is 0 Å². The molecule has 1 aromatic heterocycles. The molecule has 0 aliphatic carbocycles. The molecule has 0 unspecified atom stereocenters. The van der Waals surface area contributed by atoms with Gasteiger partial charge in [0.2, 0.25) is 5.75 Å². The van der Waals surface area contributed by atoms with Crippen molar-refractivity contribution < 1.29 is 19.1 Å². The SMILES string of the molecule is COc1cc2cc(C(=O)O)ccc2oc1=O. The van der Waals surface area contributed by atoms with Gasteiger partial charge in [-0.25, -0.2) is 9.59 Å². The molecule has 0 saturated heterocycles. The topological polar surface area (TPSA) is 76.7 Å². The van der Waals surface area contributed by atoms with E-state index in [9.17, 15) is 9.59 Å². The maximum Gasteiger partial charge on any atom is 0.379 e. The Balaban J connectivity index is 2.73. The summed E-state index contributed by atoms with van der Waals surface area (Å²) >= 11 is 0. The van der Waals surface area contributed by atoms with Gasteiger partial charge in [-0.15, -0.1) is 0 Å². The highest BCUT2D eigenvalue weighted by molar-refractivity contribution is 5.92. The Labute approximate surface area is 89.9 Å². The van der Waals surface area contributed by atoms with E-state index in [2.05, 4.69) is 0 Å². The molecule has 1 N–H and O–H groups in total. The Kier molecular flexibility index (Phi) is 2.36. The molecular formula is C11H8O5. The molecule has 0 bridgehead atoms. The Hall–Kier alpha value is -2.30. The first-order chi connectivity index (χ1) is 7.61. The van der Waals surface area contributed by atoms with Crippen molar-refractivity contribution in [1.29, 1.82) is 0 Å². The average molecular weight is 220 g/mol. The second kappa shape index (κ2) is 3.69. The van der Waals surface area contributed by atoms with E-state index in [4.69, 9.17) is 14.3 Å². The maximum atomic E-state index is 11.3. The van der Waals surface area contributed by atoms with Crippen LogP contribution in [0.4, 0.5) is 0 Å². The highest BCUT2D eigenvalue weighted by Gasteiger charge is 2.08. The molecule has 0 radical (unpaired) electrons. The number of carboxylic acid groups (broad SMARTS) is 1. The third kappa shape index (κ3) is 1.63. The highest BCUT2D eigenvalue weighted by atomic mass is 16.5.